The van der Waals surface area contributed by atoms with Gasteiger partial charge < -0.3 is 10.2 Å². The predicted molar refractivity (Wildman–Crippen MR) is 91.6 cm³/mol. The van der Waals surface area contributed by atoms with Gasteiger partial charge in [0, 0.05) is 16.5 Å². The molecule has 0 aliphatic rings. The van der Waals surface area contributed by atoms with Gasteiger partial charge in [0.15, 0.2) is 10.9 Å². The quantitative estimate of drug-likeness (QED) is 0.714. The van der Waals surface area contributed by atoms with Gasteiger partial charge in [0.05, 0.1) is 11.4 Å². The van der Waals surface area contributed by atoms with E-state index in [2.05, 4.69) is 10.3 Å². The molecule has 0 saturated carbocycles. The van der Waals surface area contributed by atoms with Gasteiger partial charge in [0.1, 0.15) is 5.58 Å². The van der Waals surface area contributed by atoms with Gasteiger partial charge in [-0.15, -0.1) is 23.1 Å². The van der Waals surface area contributed by atoms with Crippen LogP contribution >= 0.6 is 23.1 Å². The molecule has 2 amide bonds. The maximum absolute atomic E-state index is 12.2. The lowest BCUT2D eigenvalue weighted by molar-refractivity contribution is -0.115. The van der Waals surface area contributed by atoms with Crippen molar-refractivity contribution < 1.29 is 14.0 Å². The molecule has 3 aromatic rings. The van der Waals surface area contributed by atoms with Crippen LogP contribution in [0.1, 0.15) is 16.2 Å². The second-order valence-electron chi connectivity index (χ2n) is 4.71. The maximum Gasteiger partial charge on any atom is 0.293 e. The Bertz CT molecular complexity index is 823. The number of rotatable bonds is 6. The average Bonchev–Trinajstić information content (AvgIpc) is 3.13. The molecule has 0 aliphatic carbocycles. The number of amides is 2. The van der Waals surface area contributed by atoms with E-state index in [1.807, 2.05) is 29.6 Å². The van der Waals surface area contributed by atoms with Crippen molar-refractivity contribution in [3.05, 3.63) is 47.2 Å². The van der Waals surface area contributed by atoms with Crippen LogP contribution in [0, 0.1) is 0 Å². The highest BCUT2D eigenvalue weighted by Gasteiger charge is 2.14. The SMILES string of the molecule is NC(=O)CSCc1csc(NC(=O)c2cc3ccccc3o2)n1. The molecule has 0 unspecified atom stereocenters. The number of carbonyl (C=O) groups is 2. The number of nitrogens with two attached hydrogens (primary N) is 1. The van der Waals surface area contributed by atoms with Gasteiger partial charge in [-0.3, -0.25) is 14.9 Å². The second kappa shape index (κ2) is 6.84. The number of thiazole rings is 1. The Labute approximate surface area is 140 Å². The zero-order valence-electron chi connectivity index (χ0n) is 11.9. The van der Waals surface area contributed by atoms with E-state index in [1.54, 1.807) is 6.07 Å². The van der Waals surface area contributed by atoms with Crippen molar-refractivity contribution in [3.8, 4) is 0 Å². The fourth-order valence-corrected chi connectivity index (χ4v) is 3.41. The summed E-state index contributed by atoms with van der Waals surface area (Å²) in [6, 6.07) is 9.12. The maximum atomic E-state index is 12.2. The lowest BCUT2D eigenvalue weighted by Crippen LogP contribution is -2.13. The molecule has 0 fully saturated rings. The third-order valence-corrected chi connectivity index (χ3v) is 4.71. The van der Waals surface area contributed by atoms with Crippen LogP contribution in [0.3, 0.4) is 0 Å². The number of carbonyl (C=O) groups excluding carboxylic acids is 2. The Morgan fingerprint density at radius 3 is 2.96 bits per heavy atom. The molecule has 8 heteroatoms. The molecule has 6 nitrogen and oxygen atoms in total. The van der Waals surface area contributed by atoms with Crippen molar-refractivity contribution in [1.82, 2.24) is 4.98 Å². The number of thioether (sulfide) groups is 1. The number of hydrogen-bond donors (Lipinski definition) is 2. The van der Waals surface area contributed by atoms with Crippen LogP contribution in [-0.2, 0) is 10.5 Å². The standard InChI is InChI=1S/C15H13N3O3S2/c16-13(19)8-22-6-10-7-23-15(17-10)18-14(20)12-5-9-3-1-2-4-11(9)21-12/h1-5,7H,6,8H2,(H2,16,19)(H,17,18,20). The van der Waals surface area contributed by atoms with Crippen molar-refractivity contribution >= 4 is 51.0 Å². The average molecular weight is 347 g/mol. The van der Waals surface area contributed by atoms with Crippen LogP contribution in [0.2, 0.25) is 0 Å². The molecule has 2 aromatic heterocycles. The largest absolute Gasteiger partial charge is 0.451 e. The van der Waals surface area contributed by atoms with Crippen LogP contribution in [0.4, 0.5) is 5.13 Å². The van der Waals surface area contributed by atoms with Crippen LogP contribution in [0.25, 0.3) is 11.0 Å². The van der Waals surface area contributed by atoms with Gasteiger partial charge in [-0.2, -0.15) is 0 Å². The molecule has 0 saturated heterocycles. The first kappa shape index (κ1) is 15.6. The van der Waals surface area contributed by atoms with Gasteiger partial charge in [0.25, 0.3) is 5.91 Å². The summed E-state index contributed by atoms with van der Waals surface area (Å²) in [5, 5.41) is 5.91. The highest BCUT2D eigenvalue weighted by molar-refractivity contribution is 7.99. The number of furan rings is 1. The second-order valence-corrected chi connectivity index (χ2v) is 6.55. The number of para-hydroxylation sites is 1. The lowest BCUT2D eigenvalue weighted by Gasteiger charge is -1.97. The predicted octanol–water partition coefficient (Wildman–Crippen LogP) is 2.86. The summed E-state index contributed by atoms with van der Waals surface area (Å²) in [7, 11) is 0. The van der Waals surface area contributed by atoms with Gasteiger partial charge in [-0.05, 0) is 12.1 Å². The smallest absolute Gasteiger partial charge is 0.293 e. The zero-order valence-corrected chi connectivity index (χ0v) is 13.6. The van der Waals surface area contributed by atoms with Crippen molar-refractivity contribution in [2.45, 2.75) is 5.75 Å². The zero-order chi connectivity index (χ0) is 16.2. The van der Waals surface area contributed by atoms with E-state index >= 15 is 0 Å². The van der Waals surface area contributed by atoms with Crippen LogP contribution in [-0.4, -0.2) is 22.6 Å². The number of nitrogens with zero attached hydrogens (tertiary/aromatic N) is 1. The Hall–Kier alpha value is -2.32. The normalized spacial score (nSPS) is 10.8. The highest BCUT2D eigenvalue weighted by Crippen LogP contribution is 2.22. The van der Waals surface area contributed by atoms with E-state index in [0.29, 0.717) is 16.5 Å². The Morgan fingerprint density at radius 2 is 2.17 bits per heavy atom. The van der Waals surface area contributed by atoms with Crippen LogP contribution in [0.15, 0.2) is 40.1 Å². The molecule has 1 aromatic carbocycles. The number of hydrogen-bond acceptors (Lipinski definition) is 6. The summed E-state index contributed by atoms with van der Waals surface area (Å²) in [6.45, 7) is 0. The minimum atomic E-state index is -0.358. The lowest BCUT2D eigenvalue weighted by atomic mass is 10.2. The molecule has 0 atom stereocenters. The molecule has 2 heterocycles. The molecule has 0 bridgehead atoms. The summed E-state index contributed by atoms with van der Waals surface area (Å²) in [5.41, 5.74) is 6.54. The van der Waals surface area contributed by atoms with Crippen molar-refractivity contribution in [2.24, 2.45) is 5.73 Å². The van der Waals surface area contributed by atoms with Crippen molar-refractivity contribution in [2.75, 3.05) is 11.1 Å². The third kappa shape index (κ3) is 3.91. The Morgan fingerprint density at radius 1 is 1.35 bits per heavy atom. The van der Waals surface area contributed by atoms with E-state index in [0.717, 1.165) is 11.1 Å². The minimum Gasteiger partial charge on any atom is -0.451 e. The summed E-state index contributed by atoms with van der Waals surface area (Å²) in [4.78, 5) is 27.2. The summed E-state index contributed by atoms with van der Waals surface area (Å²) in [5.74, 6) is 0.361. The number of benzene rings is 1. The first-order chi connectivity index (χ1) is 11.1. The van der Waals surface area contributed by atoms with E-state index in [9.17, 15) is 9.59 Å². The monoisotopic (exact) mass is 347 g/mol. The fraction of sp³-hybridized carbons (Fsp3) is 0.133. The number of aromatic nitrogens is 1. The third-order valence-electron chi connectivity index (χ3n) is 2.92. The number of anilines is 1. The molecule has 118 valence electrons. The molecule has 0 spiro atoms. The summed E-state index contributed by atoms with van der Waals surface area (Å²) >= 11 is 2.71. The molecule has 3 N–H and O–H groups in total. The van der Waals surface area contributed by atoms with E-state index in [-0.39, 0.29) is 23.3 Å². The van der Waals surface area contributed by atoms with Crippen molar-refractivity contribution in [3.63, 3.8) is 0 Å². The molecule has 0 aliphatic heterocycles. The number of nitrogens with one attached hydrogen (secondary N) is 1. The van der Waals surface area contributed by atoms with Gasteiger partial charge in [-0.25, -0.2) is 4.98 Å². The fourth-order valence-electron chi connectivity index (χ4n) is 1.94. The first-order valence-electron chi connectivity index (χ1n) is 6.72. The van der Waals surface area contributed by atoms with Crippen molar-refractivity contribution in [1.29, 1.82) is 0 Å². The Balaban J connectivity index is 1.63. The van der Waals surface area contributed by atoms with Gasteiger partial charge in [-0.1, -0.05) is 18.2 Å². The molecular formula is C15H13N3O3S2. The Kier molecular flexibility index (Phi) is 4.63. The molecule has 3 rings (SSSR count). The van der Waals surface area contributed by atoms with Gasteiger partial charge >= 0.3 is 0 Å². The van der Waals surface area contributed by atoms with Gasteiger partial charge in [0.2, 0.25) is 5.91 Å². The highest BCUT2D eigenvalue weighted by atomic mass is 32.2. The van der Waals surface area contributed by atoms with Crippen LogP contribution < -0.4 is 11.1 Å². The summed E-state index contributed by atoms with van der Waals surface area (Å²) in [6.07, 6.45) is 0. The van der Waals surface area contributed by atoms with E-state index in [1.165, 1.54) is 23.1 Å². The number of fused-ring (bicyclic) bond motifs is 1. The molecule has 0 radical (unpaired) electrons. The molecule has 23 heavy (non-hydrogen) atoms. The topological polar surface area (TPSA) is 98.2 Å². The summed E-state index contributed by atoms with van der Waals surface area (Å²) < 4.78 is 5.51. The van der Waals surface area contributed by atoms with E-state index < -0.39 is 0 Å². The van der Waals surface area contributed by atoms with E-state index in [4.69, 9.17) is 10.2 Å². The minimum absolute atomic E-state index is 0.242. The number of primary amides is 1. The van der Waals surface area contributed by atoms with Crippen LogP contribution in [0.5, 0.6) is 0 Å². The molecular weight excluding hydrogens is 334 g/mol. The first-order valence-corrected chi connectivity index (χ1v) is 8.75.